The van der Waals surface area contributed by atoms with Gasteiger partial charge in [-0.2, -0.15) is 8.42 Å². The topological polar surface area (TPSA) is 112 Å². The number of rotatable bonds is 6. The Balaban J connectivity index is 1.37. The van der Waals surface area contributed by atoms with Gasteiger partial charge in [-0.1, -0.05) is 38.1 Å². The van der Waals surface area contributed by atoms with Crippen LogP contribution in [0.5, 0.6) is 0 Å². The molecule has 0 bridgehead atoms. The summed E-state index contributed by atoms with van der Waals surface area (Å²) in [7, 11) is -3.90. The molecule has 2 aromatic heterocycles. The zero-order chi connectivity index (χ0) is 22.5. The second kappa shape index (κ2) is 7.83. The lowest BCUT2D eigenvalue weighted by Gasteiger charge is -2.20. The predicted octanol–water partition coefficient (Wildman–Crippen LogP) is 3.83. The first-order valence-electron chi connectivity index (χ1n) is 11.1. The molecule has 2 aliphatic carbocycles. The number of hydrogen-bond acceptors (Lipinski definition) is 6. The number of benzene rings is 1. The van der Waals surface area contributed by atoms with Crippen molar-refractivity contribution in [1.82, 2.24) is 14.5 Å². The molecule has 8 nitrogen and oxygen atoms in total. The molecule has 32 heavy (non-hydrogen) atoms. The van der Waals surface area contributed by atoms with Crippen molar-refractivity contribution in [3.63, 3.8) is 0 Å². The first kappa shape index (κ1) is 21.4. The van der Waals surface area contributed by atoms with Gasteiger partial charge in [-0.15, -0.1) is 0 Å². The normalized spacial score (nSPS) is 24.7. The van der Waals surface area contributed by atoms with Crippen molar-refractivity contribution in [3.05, 3.63) is 54.0 Å². The second-order valence-electron chi connectivity index (χ2n) is 9.66. The largest absolute Gasteiger partial charge is 0.363 e. The van der Waals surface area contributed by atoms with Crippen LogP contribution in [0.2, 0.25) is 0 Å². The highest BCUT2D eigenvalue weighted by Gasteiger charge is 2.37. The van der Waals surface area contributed by atoms with Gasteiger partial charge in [-0.05, 0) is 54.2 Å². The summed E-state index contributed by atoms with van der Waals surface area (Å²) in [6.07, 6.45) is 7.35. The summed E-state index contributed by atoms with van der Waals surface area (Å²) in [6, 6.07) is 11.1. The Morgan fingerprint density at radius 3 is 2.84 bits per heavy atom. The fraction of sp³-hybridized carbons (Fsp3) is 0.478. The van der Waals surface area contributed by atoms with Crippen LogP contribution < -0.4 is 10.5 Å². The smallest absolute Gasteiger partial charge is 0.333 e. The maximum absolute atomic E-state index is 11.1. The molecule has 1 aromatic carbocycles. The molecular weight excluding hydrogens is 426 g/mol. The van der Waals surface area contributed by atoms with E-state index in [9.17, 15) is 8.42 Å². The summed E-state index contributed by atoms with van der Waals surface area (Å²) in [6.45, 7) is 4.71. The number of aromatic nitrogens is 3. The van der Waals surface area contributed by atoms with Crippen LogP contribution in [0.25, 0.3) is 11.0 Å². The summed E-state index contributed by atoms with van der Waals surface area (Å²) < 4.78 is 29.2. The summed E-state index contributed by atoms with van der Waals surface area (Å²) in [5, 5.41) is 9.65. The third kappa shape index (κ3) is 4.00. The van der Waals surface area contributed by atoms with Crippen LogP contribution in [0.4, 0.5) is 5.82 Å². The van der Waals surface area contributed by atoms with Crippen LogP contribution in [0, 0.1) is 5.92 Å². The van der Waals surface area contributed by atoms with Crippen LogP contribution in [0.15, 0.2) is 42.9 Å². The molecule has 3 atom stereocenters. The van der Waals surface area contributed by atoms with E-state index < -0.39 is 10.3 Å². The molecular formula is C23H29N5O3S. The van der Waals surface area contributed by atoms with Gasteiger partial charge in [-0.25, -0.2) is 15.1 Å². The predicted molar refractivity (Wildman–Crippen MR) is 123 cm³/mol. The van der Waals surface area contributed by atoms with Crippen LogP contribution in [-0.2, 0) is 19.9 Å². The molecule has 0 amide bonds. The number of nitrogens with two attached hydrogens (primary N) is 1. The molecule has 2 heterocycles. The summed E-state index contributed by atoms with van der Waals surface area (Å²) in [4.78, 5) is 9.14. The van der Waals surface area contributed by atoms with Crippen molar-refractivity contribution >= 4 is 27.2 Å². The van der Waals surface area contributed by atoms with Crippen LogP contribution in [0.1, 0.15) is 62.7 Å². The minimum Gasteiger partial charge on any atom is -0.363 e. The van der Waals surface area contributed by atoms with E-state index in [4.69, 9.17) is 9.32 Å². The molecule has 0 aliphatic heterocycles. The first-order valence-corrected chi connectivity index (χ1v) is 12.5. The number of nitrogens with one attached hydrogen (secondary N) is 1. The highest BCUT2D eigenvalue weighted by Crippen LogP contribution is 2.46. The molecule has 3 N–H and O–H groups in total. The average molecular weight is 456 g/mol. The van der Waals surface area contributed by atoms with Crippen molar-refractivity contribution in [3.8, 4) is 0 Å². The SMILES string of the molecule is CC1(C)C[C@H](Nc2ncnc3c2ccn3[C@H]2CC[C@H](COS(N)(=O)=O)C2)c2ccccc21. The molecule has 0 radical (unpaired) electrons. The molecule has 1 saturated carbocycles. The second-order valence-corrected chi connectivity index (χ2v) is 10.9. The van der Waals surface area contributed by atoms with E-state index in [0.717, 1.165) is 42.5 Å². The Morgan fingerprint density at radius 2 is 2.03 bits per heavy atom. The van der Waals surface area contributed by atoms with E-state index in [1.54, 1.807) is 6.33 Å². The van der Waals surface area contributed by atoms with Gasteiger partial charge < -0.3 is 9.88 Å². The van der Waals surface area contributed by atoms with E-state index >= 15 is 0 Å². The molecule has 1 fully saturated rings. The van der Waals surface area contributed by atoms with Gasteiger partial charge in [0.05, 0.1) is 18.0 Å². The van der Waals surface area contributed by atoms with Gasteiger partial charge in [0.2, 0.25) is 0 Å². The van der Waals surface area contributed by atoms with Crippen molar-refractivity contribution in [1.29, 1.82) is 0 Å². The van der Waals surface area contributed by atoms with Crippen LogP contribution >= 0.6 is 0 Å². The molecule has 0 unspecified atom stereocenters. The molecule has 5 rings (SSSR count). The molecule has 2 aliphatic rings. The monoisotopic (exact) mass is 455 g/mol. The van der Waals surface area contributed by atoms with E-state index in [1.807, 2.05) is 0 Å². The Morgan fingerprint density at radius 1 is 1.22 bits per heavy atom. The van der Waals surface area contributed by atoms with Crippen molar-refractivity contribution in [2.75, 3.05) is 11.9 Å². The van der Waals surface area contributed by atoms with E-state index in [1.165, 1.54) is 11.1 Å². The number of anilines is 1. The Labute approximate surface area is 188 Å². The molecule has 0 spiro atoms. The first-order chi connectivity index (χ1) is 15.2. The van der Waals surface area contributed by atoms with Gasteiger partial charge >= 0.3 is 10.3 Å². The van der Waals surface area contributed by atoms with Gasteiger partial charge in [0.1, 0.15) is 17.8 Å². The molecule has 0 saturated heterocycles. The molecule has 170 valence electrons. The quantitative estimate of drug-likeness (QED) is 0.584. The lowest BCUT2D eigenvalue weighted by Crippen LogP contribution is -2.19. The van der Waals surface area contributed by atoms with Gasteiger partial charge in [-0.3, -0.25) is 4.18 Å². The maximum Gasteiger partial charge on any atom is 0.333 e. The Hall–Kier alpha value is -2.49. The summed E-state index contributed by atoms with van der Waals surface area (Å²) in [5.74, 6) is 1.01. The highest BCUT2D eigenvalue weighted by molar-refractivity contribution is 7.84. The minimum atomic E-state index is -3.90. The molecule has 9 heteroatoms. The average Bonchev–Trinajstić information content (AvgIpc) is 3.43. The number of hydrogen-bond donors (Lipinski definition) is 2. The van der Waals surface area contributed by atoms with Gasteiger partial charge in [0, 0.05) is 12.2 Å². The Kier molecular flexibility index (Phi) is 5.22. The zero-order valence-corrected chi connectivity index (χ0v) is 19.2. The summed E-state index contributed by atoms with van der Waals surface area (Å²) in [5.41, 5.74) is 3.73. The fourth-order valence-corrected chi connectivity index (χ4v) is 5.85. The standard InChI is InChI=1S/C23H29N5O3S/c1-23(2)12-20(17-5-3-4-6-19(17)23)27-21-18-9-10-28(22(18)26-14-25-21)16-8-7-15(11-16)13-31-32(24,29)30/h3-6,9-10,14-16,20H,7-8,11-13H2,1-2H3,(H2,24,29,30)(H,25,26,27)/t15-,16-,20-/m0/s1. The maximum atomic E-state index is 11.1. The van der Waals surface area contributed by atoms with Crippen LogP contribution in [0.3, 0.4) is 0 Å². The van der Waals surface area contributed by atoms with E-state index in [2.05, 4.69) is 70.2 Å². The van der Waals surface area contributed by atoms with Gasteiger partial charge in [0.15, 0.2) is 0 Å². The van der Waals surface area contributed by atoms with Crippen molar-refractivity contribution in [2.45, 2.75) is 57.0 Å². The summed E-state index contributed by atoms with van der Waals surface area (Å²) >= 11 is 0. The van der Waals surface area contributed by atoms with E-state index in [0.29, 0.717) is 0 Å². The fourth-order valence-electron chi connectivity index (χ4n) is 5.47. The van der Waals surface area contributed by atoms with Crippen molar-refractivity contribution < 1.29 is 12.6 Å². The lowest BCUT2D eigenvalue weighted by molar-refractivity contribution is 0.253. The highest BCUT2D eigenvalue weighted by atomic mass is 32.2. The van der Waals surface area contributed by atoms with Gasteiger partial charge in [0.25, 0.3) is 0 Å². The zero-order valence-electron chi connectivity index (χ0n) is 18.4. The Bertz CT molecular complexity index is 1250. The third-order valence-corrected chi connectivity index (χ3v) is 7.44. The lowest BCUT2D eigenvalue weighted by atomic mass is 9.86. The van der Waals surface area contributed by atoms with Crippen molar-refractivity contribution in [2.24, 2.45) is 11.1 Å². The third-order valence-electron chi connectivity index (χ3n) is 6.97. The molecule has 3 aromatic rings. The van der Waals surface area contributed by atoms with Crippen LogP contribution in [-0.4, -0.2) is 29.6 Å². The number of fused-ring (bicyclic) bond motifs is 2. The van der Waals surface area contributed by atoms with E-state index in [-0.39, 0.29) is 30.0 Å². The minimum absolute atomic E-state index is 0.115. The number of nitrogens with zero attached hydrogens (tertiary/aromatic N) is 3.